The molecule has 0 aliphatic carbocycles. The lowest BCUT2D eigenvalue weighted by Gasteiger charge is -2.20. The molecular formula is C19H25N5O3. The van der Waals surface area contributed by atoms with Gasteiger partial charge in [-0.05, 0) is 27.2 Å². The quantitative estimate of drug-likeness (QED) is 0.588. The van der Waals surface area contributed by atoms with Gasteiger partial charge in [0.15, 0.2) is 17.2 Å². The molecule has 3 heterocycles. The maximum Gasteiger partial charge on any atom is 0.359 e. The number of aryl methyl sites for hydroxylation is 1. The van der Waals surface area contributed by atoms with Crippen LogP contribution in [0.15, 0.2) is 10.2 Å². The van der Waals surface area contributed by atoms with Gasteiger partial charge in [-0.25, -0.2) is 9.78 Å². The van der Waals surface area contributed by atoms with E-state index >= 15 is 0 Å². The number of rotatable bonds is 7. The summed E-state index contributed by atoms with van der Waals surface area (Å²) in [7, 11) is 0. The Morgan fingerprint density at radius 1 is 1.33 bits per heavy atom. The van der Waals surface area contributed by atoms with Gasteiger partial charge in [0.2, 0.25) is 5.91 Å². The first-order valence-electron chi connectivity index (χ1n) is 9.23. The zero-order valence-corrected chi connectivity index (χ0v) is 16.0. The van der Waals surface area contributed by atoms with Crippen molar-refractivity contribution in [1.82, 2.24) is 9.55 Å². The van der Waals surface area contributed by atoms with Crippen LogP contribution in [0.25, 0.3) is 0 Å². The van der Waals surface area contributed by atoms with Crippen LogP contribution in [0.4, 0.5) is 5.82 Å². The summed E-state index contributed by atoms with van der Waals surface area (Å²) in [5.74, 6) is 2.93. The molecule has 0 spiro atoms. The number of nitrogens with one attached hydrogen (secondary N) is 1. The second kappa shape index (κ2) is 7.14. The largest absolute Gasteiger partial charge is 0.455 e. The molecule has 2 aliphatic rings. The number of aromatic nitrogens is 2. The Balaban J connectivity index is 1.67. The number of amides is 1. The van der Waals surface area contributed by atoms with E-state index < -0.39 is 17.2 Å². The van der Waals surface area contributed by atoms with Crippen LogP contribution >= 0.6 is 0 Å². The van der Waals surface area contributed by atoms with Gasteiger partial charge < -0.3 is 14.6 Å². The normalized spacial score (nSPS) is 16.5. The van der Waals surface area contributed by atoms with Crippen molar-refractivity contribution in [2.24, 2.45) is 10.2 Å². The molecule has 1 amide bonds. The van der Waals surface area contributed by atoms with Crippen molar-refractivity contribution in [2.75, 3.05) is 5.32 Å². The van der Waals surface area contributed by atoms with E-state index in [4.69, 9.17) is 11.2 Å². The summed E-state index contributed by atoms with van der Waals surface area (Å²) in [5.41, 5.74) is -0.818. The van der Waals surface area contributed by atoms with Gasteiger partial charge in [-0.1, -0.05) is 0 Å². The lowest BCUT2D eigenvalue weighted by molar-refractivity contribution is -0.116. The van der Waals surface area contributed by atoms with Gasteiger partial charge in [-0.15, -0.1) is 12.3 Å². The maximum atomic E-state index is 12.6. The van der Waals surface area contributed by atoms with Gasteiger partial charge in [-0.2, -0.15) is 10.2 Å². The van der Waals surface area contributed by atoms with E-state index in [1.54, 1.807) is 0 Å². The van der Waals surface area contributed by atoms with Gasteiger partial charge in [-0.3, -0.25) is 4.79 Å². The molecule has 2 aliphatic heterocycles. The molecule has 8 heteroatoms. The van der Waals surface area contributed by atoms with E-state index in [1.165, 1.54) is 0 Å². The lowest BCUT2D eigenvalue weighted by atomic mass is 10.0. The third-order valence-electron chi connectivity index (χ3n) is 4.48. The fourth-order valence-corrected chi connectivity index (χ4v) is 3.12. The minimum Gasteiger partial charge on any atom is -0.455 e. The molecule has 0 saturated heterocycles. The number of nitrogens with zero attached hydrogens (tertiary/aromatic N) is 4. The van der Waals surface area contributed by atoms with Crippen LogP contribution in [-0.4, -0.2) is 32.7 Å². The highest BCUT2D eigenvalue weighted by Crippen LogP contribution is 2.37. The number of hydrogen-bond donors (Lipinski definition) is 1. The third kappa shape index (κ3) is 4.54. The minimum atomic E-state index is -0.625. The van der Waals surface area contributed by atoms with E-state index in [-0.39, 0.29) is 18.1 Å². The highest BCUT2D eigenvalue weighted by Gasteiger charge is 2.39. The van der Waals surface area contributed by atoms with Crippen LogP contribution in [0.2, 0.25) is 0 Å². The van der Waals surface area contributed by atoms with Gasteiger partial charge in [0.1, 0.15) is 11.4 Å². The van der Waals surface area contributed by atoms with Crippen LogP contribution in [0.3, 0.4) is 0 Å². The van der Waals surface area contributed by atoms with Gasteiger partial charge >= 0.3 is 5.97 Å². The van der Waals surface area contributed by atoms with Crippen LogP contribution in [0, 0.1) is 12.3 Å². The second-order valence-electron chi connectivity index (χ2n) is 7.92. The molecule has 144 valence electrons. The predicted molar refractivity (Wildman–Crippen MR) is 99.2 cm³/mol. The van der Waals surface area contributed by atoms with E-state index in [9.17, 15) is 9.59 Å². The molecule has 0 atom stereocenters. The van der Waals surface area contributed by atoms with Crippen LogP contribution in [0.5, 0.6) is 0 Å². The number of anilines is 1. The number of esters is 1. The number of terminal acetylenes is 1. The zero-order valence-electron chi connectivity index (χ0n) is 16.0. The number of carbonyl (C=O) groups is 2. The summed E-state index contributed by atoms with van der Waals surface area (Å²) >= 11 is 0. The van der Waals surface area contributed by atoms with Crippen LogP contribution < -0.4 is 5.32 Å². The van der Waals surface area contributed by atoms with Crippen molar-refractivity contribution in [3.8, 4) is 12.3 Å². The third-order valence-corrected chi connectivity index (χ3v) is 4.48. The van der Waals surface area contributed by atoms with Crippen LogP contribution in [0.1, 0.15) is 69.2 Å². The number of carbonyl (C=O) groups excluding carboxylic acids is 2. The van der Waals surface area contributed by atoms with Crippen LogP contribution in [-0.2, 0) is 22.5 Å². The topological polar surface area (TPSA) is 97.9 Å². The maximum absolute atomic E-state index is 12.6. The summed E-state index contributed by atoms with van der Waals surface area (Å²) in [6.07, 6.45) is 8.93. The van der Waals surface area contributed by atoms with Gasteiger partial charge in [0.25, 0.3) is 0 Å². The highest BCUT2D eigenvalue weighted by molar-refractivity contribution is 5.99. The summed E-state index contributed by atoms with van der Waals surface area (Å²) in [6, 6.07) is 0. The van der Waals surface area contributed by atoms with Crippen molar-refractivity contribution in [3.63, 3.8) is 0 Å². The minimum absolute atomic E-state index is 0.228. The SMILES string of the molecule is C#CCCC1(CCC(=O)Nc2nc3n(c2C(=O)OC(C)(C)C)CCC3)N=N1. The molecule has 0 unspecified atom stereocenters. The number of ether oxygens (including phenoxy) is 1. The Bertz CT molecular complexity index is 820. The van der Waals surface area contributed by atoms with Gasteiger partial charge in [0.05, 0.1) is 0 Å². The lowest BCUT2D eigenvalue weighted by Crippen LogP contribution is -2.26. The molecule has 0 aromatic carbocycles. The molecule has 27 heavy (non-hydrogen) atoms. The Morgan fingerprint density at radius 2 is 2.07 bits per heavy atom. The molecule has 1 N–H and O–H groups in total. The molecule has 0 bridgehead atoms. The van der Waals surface area contributed by atoms with E-state index in [0.717, 1.165) is 18.7 Å². The van der Waals surface area contributed by atoms with Crippen molar-refractivity contribution in [2.45, 2.75) is 77.1 Å². The molecule has 3 rings (SSSR count). The number of imidazole rings is 1. The van der Waals surface area contributed by atoms with Crippen molar-refractivity contribution < 1.29 is 14.3 Å². The first-order chi connectivity index (χ1) is 12.7. The molecule has 1 aromatic heterocycles. The summed E-state index contributed by atoms with van der Waals surface area (Å²) < 4.78 is 7.34. The molecular weight excluding hydrogens is 346 g/mol. The fraction of sp³-hybridized carbons (Fsp3) is 0.632. The van der Waals surface area contributed by atoms with Crippen molar-refractivity contribution in [1.29, 1.82) is 0 Å². The van der Waals surface area contributed by atoms with Crippen molar-refractivity contribution in [3.05, 3.63) is 11.5 Å². The molecule has 1 aromatic rings. The summed E-state index contributed by atoms with van der Waals surface area (Å²) in [5, 5.41) is 10.8. The van der Waals surface area contributed by atoms with Gasteiger partial charge in [0, 0.05) is 38.6 Å². The van der Waals surface area contributed by atoms with Crippen molar-refractivity contribution >= 4 is 17.7 Å². The molecule has 0 radical (unpaired) electrons. The highest BCUT2D eigenvalue weighted by atomic mass is 16.6. The second-order valence-corrected chi connectivity index (χ2v) is 7.92. The summed E-state index contributed by atoms with van der Waals surface area (Å²) in [4.78, 5) is 29.5. The zero-order chi connectivity index (χ0) is 19.7. The molecule has 0 saturated carbocycles. The Kier molecular flexibility index (Phi) is 5.05. The first kappa shape index (κ1) is 19.1. The fourth-order valence-electron chi connectivity index (χ4n) is 3.12. The monoisotopic (exact) mass is 371 g/mol. The Hall–Kier alpha value is -2.69. The number of hydrogen-bond acceptors (Lipinski definition) is 6. The van der Waals surface area contributed by atoms with E-state index in [1.807, 2.05) is 25.3 Å². The average Bonchev–Trinajstić information content (AvgIpc) is 3.06. The standard InChI is InChI=1S/C19H25N5O3/c1-5-6-10-19(22-23-19)11-9-14(25)21-16-15(17(26)27-18(2,3)4)24-12-7-8-13(24)20-16/h1H,6-12H2,2-4H3,(H,21,25). The Morgan fingerprint density at radius 3 is 2.70 bits per heavy atom. The smallest absolute Gasteiger partial charge is 0.359 e. The summed E-state index contributed by atoms with van der Waals surface area (Å²) in [6.45, 7) is 6.12. The molecule has 8 nitrogen and oxygen atoms in total. The van der Waals surface area contributed by atoms with E-state index in [2.05, 4.69) is 26.4 Å². The first-order valence-corrected chi connectivity index (χ1v) is 9.23. The average molecular weight is 371 g/mol. The number of fused-ring (bicyclic) bond motifs is 1. The molecule has 0 fully saturated rings. The van der Waals surface area contributed by atoms with E-state index in [0.29, 0.717) is 31.5 Å². The predicted octanol–water partition coefficient (Wildman–Crippen LogP) is 3.08. The Labute approximate surface area is 158 Å².